The van der Waals surface area contributed by atoms with Crippen LogP contribution in [-0.2, 0) is 19.5 Å². The van der Waals surface area contributed by atoms with E-state index in [2.05, 4.69) is 55.0 Å². The molecule has 8 heteroatoms. The topological polar surface area (TPSA) is 64.5 Å². The lowest BCUT2D eigenvalue weighted by molar-refractivity contribution is 0.243. The Balaban J connectivity index is 1.38. The second-order valence-corrected chi connectivity index (χ2v) is 8.64. The van der Waals surface area contributed by atoms with E-state index in [1.807, 2.05) is 25.1 Å². The van der Waals surface area contributed by atoms with E-state index in [9.17, 15) is 0 Å². The second-order valence-electron chi connectivity index (χ2n) is 8.64. The molecule has 4 heterocycles. The first-order valence-electron chi connectivity index (χ1n) is 11.3. The van der Waals surface area contributed by atoms with Gasteiger partial charge >= 0.3 is 0 Å². The first-order valence-corrected chi connectivity index (χ1v) is 11.3. The van der Waals surface area contributed by atoms with Crippen LogP contribution in [0.15, 0.2) is 48.8 Å². The highest BCUT2D eigenvalue weighted by Crippen LogP contribution is 2.30. The van der Waals surface area contributed by atoms with Gasteiger partial charge in [0.1, 0.15) is 5.82 Å². The van der Waals surface area contributed by atoms with Crippen molar-refractivity contribution in [2.24, 2.45) is 0 Å². The minimum absolute atomic E-state index is 0.795. The molecule has 0 bridgehead atoms. The van der Waals surface area contributed by atoms with Gasteiger partial charge in [0.05, 0.1) is 5.69 Å². The summed E-state index contributed by atoms with van der Waals surface area (Å²) >= 11 is 0. The summed E-state index contributed by atoms with van der Waals surface area (Å²) in [7, 11) is 4.03. The molecule has 0 spiro atoms. The molecule has 3 aromatic rings. The molecule has 0 aliphatic carbocycles. The van der Waals surface area contributed by atoms with Gasteiger partial charge in [0.15, 0.2) is 0 Å². The molecule has 8 nitrogen and oxygen atoms in total. The molecule has 0 atom stereocenters. The molecule has 5 rings (SSSR count). The van der Waals surface area contributed by atoms with E-state index >= 15 is 0 Å². The lowest BCUT2D eigenvalue weighted by Crippen LogP contribution is -2.48. The van der Waals surface area contributed by atoms with E-state index < -0.39 is 0 Å². The fourth-order valence-corrected chi connectivity index (χ4v) is 4.45. The number of benzene rings is 1. The van der Waals surface area contributed by atoms with Crippen molar-refractivity contribution >= 4 is 17.7 Å². The summed E-state index contributed by atoms with van der Waals surface area (Å²) in [5, 5.41) is 0. The number of fused-ring (bicyclic) bond motifs is 1. The van der Waals surface area contributed by atoms with Gasteiger partial charge < -0.3 is 14.7 Å². The molecule has 0 unspecified atom stereocenters. The Hall–Kier alpha value is -3.26. The van der Waals surface area contributed by atoms with Crippen molar-refractivity contribution in [2.45, 2.75) is 19.5 Å². The first-order chi connectivity index (χ1) is 15.7. The zero-order chi connectivity index (χ0) is 21.9. The van der Waals surface area contributed by atoms with Crippen LogP contribution >= 0.6 is 0 Å². The average molecular weight is 431 g/mol. The highest BCUT2D eigenvalue weighted by Gasteiger charge is 2.28. The van der Waals surface area contributed by atoms with Gasteiger partial charge in [-0.1, -0.05) is 30.3 Å². The molecular formula is C24H30N8. The predicted molar refractivity (Wildman–Crippen MR) is 127 cm³/mol. The van der Waals surface area contributed by atoms with Crippen molar-refractivity contribution < 1.29 is 0 Å². The standard InChI is InChI=1S/C24H30N8/c1-29(2)24-27-21-9-12-30(17-19-7-4-3-5-8-19)18-20(21)22(28-24)31-13-15-32(16-14-31)23-25-10-6-11-26-23/h3-8,10-11H,9,12-18H2,1-2H3. The van der Waals surface area contributed by atoms with Crippen LogP contribution in [0, 0.1) is 0 Å². The molecule has 0 N–H and O–H groups in total. The molecule has 0 amide bonds. The molecule has 0 saturated carbocycles. The van der Waals surface area contributed by atoms with E-state index in [-0.39, 0.29) is 0 Å². The Labute approximate surface area is 189 Å². The Bertz CT molecular complexity index is 1030. The summed E-state index contributed by atoms with van der Waals surface area (Å²) in [6.07, 6.45) is 4.57. The smallest absolute Gasteiger partial charge is 0.227 e. The van der Waals surface area contributed by atoms with Gasteiger partial charge in [-0.2, -0.15) is 4.98 Å². The van der Waals surface area contributed by atoms with Gasteiger partial charge in [0.25, 0.3) is 0 Å². The summed E-state index contributed by atoms with van der Waals surface area (Å²) in [4.78, 5) is 27.9. The van der Waals surface area contributed by atoms with E-state index in [4.69, 9.17) is 9.97 Å². The molecule has 166 valence electrons. The van der Waals surface area contributed by atoms with E-state index in [1.54, 1.807) is 12.4 Å². The van der Waals surface area contributed by atoms with E-state index in [0.29, 0.717) is 0 Å². The average Bonchev–Trinajstić information content (AvgIpc) is 2.84. The number of aromatic nitrogens is 4. The van der Waals surface area contributed by atoms with Crippen LogP contribution in [0.3, 0.4) is 0 Å². The number of hydrogen-bond donors (Lipinski definition) is 0. The van der Waals surface area contributed by atoms with Crippen molar-refractivity contribution in [2.75, 3.05) is 61.5 Å². The quantitative estimate of drug-likeness (QED) is 0.611. The third-order valence-corrected chi connectivity index (χ3v) is 6.17. The minimum Gasteiger partial charge on any atom is -0.353 e. The number of anilines is 3. The van der Waals surface area contributed by atoms with Crippen molar-refractivity contribution in [1.82, 2.24) is 24.8 Å². The molecule has 2 aliphatic rings. The summed E-state index contributed by atoms with van der Waals surface area (Å²) in [6.45, 7) is 6.41. The maximum atomic E-state index is 5.01. The first kappa shape index (κ1) is 20.6. The van der Waals surface area contributed by atoms with Gasteiger partial charge in [-0.3, -0.25) is 4.90 Å². The molecule has 1 aromatic carbocycles. The Kier molecular flexibility index (Phi) is 5.85. The lowest BCUT2D eigenvalue weighted by atomic mass is 10.0. The number of rotatable bonds is 5. The summed E-state index contributed by atoms with van der Waals surface area (Å²) in [6, 6.07) is 12.6. The van der Waals surface area contributed by atoms with Crippen molar-refractivity contribution in [3.05, 3.63) is 65.6 Å². The molecule has 0 radical (unpaired) electrons. The van der Waals surface area contributed by atoms with Crippen molar-refractivity contribution in [3.8, 4) is 0 Å². The number of hydrogen-bond acceptors (Lipinski definition) is 8. The summed E-state index contributed by atoms with van der Waals surface area (Å²) < 4.78 is 0. The highest BCUT2D eigenvalue weighted by molar-refractivity contribution is 5.55. The normalized spacial score (nSPS) is 16.7. The van der Waals surface area contributed by atoms with Crippen LogP contribution in [0.25, 0.3) is 0 Å². The Morgan fingerprint density at radius 1 is 0.844 bits per heavy atom. The largest absolute Gasteiger partial charge is 0.353 e. The van der Waals surface area contributed by atoms with Crippen LogP contribution in [0.4, 0.5) is 17.7 Å². The third kappa shape index (κ3) is 4.36. The number of piperazine rings is 1. The van der Waals surface area contributed by atoms with E-state index in [1.165, 1.54) is 16.8 Å². The molecule has 2 aromatic heterocycles. The van der Waals surface area contributed by atoms with Crippen LogP contribution in [-0.4, -0.2) is 71.7 Å². The van der Waals surface area contributed by atoms with Gasteiger partial charge in [-0.15, -0.1) is 0 Å². The van der Waals surface area contributed by atoms with Crippen LogP contribution in [0.1, 0.15) is 16.8 Å². The molecule has 2 aliphatic heterocycles. The minimum atomic E-state index is 0.795. The maximum absolute atomic E-state index is 5.01. The van der Waals surface area contributed by atoms with Crippen LogP contribution in [0.5, 0.6) is 0 Å². The van der Waals surface area contributed by atoms with Crippen molar-refractivity contribution in [3.63, 3.8) is 0 Å². The zero-order valence-corrected chi connectivity index (χ0v) is 18.9. The number of nitrogens with zero attached hydrogens (tertiary/aromatic N) is 8. The molecule has 1 saturated heterocycles. The zero-order valence-electron chi connectivity index (χ0n) is 18.9. The summed E-state index contributed by atoms with van der Waals surface area (Å²) in [5.74, 6) is 2.69. The van der Waals surface area contributed by atoms with Crippen LogP contribution in [0.2, 0.25) is 0 Å². The van der Waals surface area contributed by atoms with Crippen LogP contribution < -0.4 is 14.7 Å². The van der Waals surface area contributed by atoms with Gasteiger partial charge in [0, 0.05) is 84.3 Å². The molecular weight excluding hydrogens is 400 g/mol. The predicted octanol–water partition coefficient (Wildman–Crippen LogP) is 2.22. The fourth-order valence-electron chi connectivity index (χ4n) is 4.45. The maximum Gasteiger partial charge on any atom is 0.227 e. The van der Waals surface area contributed by atoms with Gasteiger partial charge in [0.2, 0.25) is 11.9 Å². The third-order valence-electron chi connectivity index (χ3n) is 6.17. The Morgan fingerprint density at radius 2 is 1.56 bits per heavy atom. The Morgan fingerprint density at radius 3 is 2.28 bits per heavy atom. The van der Waals surface area contributed by atoms with Crippen molar-refractivity contribution in [1.29, 1.82) is 0 Å². The highest BCUT2D eigenvalue weighted by atomic mass is 15.3. The molecule has 32 heavy (non-hydrogen) atoms. The van der Waals surface area contributed by atoms with Gasteiger partial charge in [-0.05, 0) is 11.6 Å². The lowest BCUT2D eigenvalue weighted by Gasteiger charge is -2.38. The second kappa shape index (κ2) is 9.08. The van der Waals surface area contributed by atoms with E-state index in [0.717, 1.165) is 69.9 Å². The monoisotopic (exact) mass is 430 g/mol. The SMILES string of the molecule is CN(C)c1nc2c(c(N3CCN(c4ncccn4)CC3)n1)CN(Cc1ccccc1)CC2. The summed E-state index contributed by atoms with van der Waals surface area (Å²) in [5.41, 5.74) is 3.82. The molecule has 1 fully saturated rings. The van der Waals surface area contributed by atoms with Gasteiger partial charge in [-0.25, -0.2) is 15.0 Å². The fraction of sp³-hybridized carbons (Fsp3) is 0.417.